The summed E-state index contributed by atoms with van der Waals surface area (Å²) >= 11 is 12.4. The number of hydrogen-bond acceptors (Lipinski definition) is 3. The molecular formula is C22H21Cl2N3O. The van der Waals surface area contributed by atoms with E-state index in [1.807, 2.05) is 73.5 Å². The predicted octanol–water partition coefficient (Wildman–Crippen LogP) is 5.52. The van der Waals surface area contributed by atoms with Gasteiger partial charge in [-0.1, -0.05) is 71.7 Å². The maximum Gasteiger partial charge on any atom is 0.255 e. The van der Waals surface area contributed by atoms with Crippen LogP contribution in [0.2, 0.25) is 10.0 Å². The van der Waals surface area contributed by atoms with E-state index in [1.165, 1.54) is 6.20 Å². The second kappa shape index (κ2) is 9.09. The summed E-state index contributed by atoms with van der Waals surface area (Å²) in [6, 6.07) is 18.9. The first kappa shape index (κ1) is 20.2. The molecule has 0 aliphatic carbocycles. The molecule has 3 rings (SSSR count). The van der Waals surface area contributed by atoms with Crippen molar-refractivity contribution in [2.45, 2.75) is 19.5 Å². The number of benzene rings is 2. The van der Waals surface area contributed by atoms with Crippen molar-refractivity contribution in [1.82, 2.24) is 10.3 Å². The molecule has 0 radical (unpaired) electrons. The molecule has 4 nitrogen and oxygen atoms in total. The number of carbonyl (C=O) groups excluding carboxylic acids is 1. The Kier molecular flexibility index (Phi) is 6.55. The zero-order valence-corrected chi connectivity index (χ0v) is 17.2. The van der Waals surface area contributed by atoms with Crippen LogP contribution >= 0.6 is 23.2 Å². The molecule has 144 valence electrons. The number of rotatable bonds is 6. The Bertz CT molecular complexity index is 963. The average Bonchev–Trinajstić information content (AvgIpc) is 2.70. The lowest BCUT2D eigenvalue weighted by molar-refractivity contribution is 0.0940. The molecule has 0 aliphatic rings. The molecule has 0 bridgehead atoms. The molecule has 6 heteroatoms. The van der Waals surface area contributed by atoms with Gasteiger partial charge in [-0.3, -0.25) is 4.79 Å². The fraction of sp³-hybridized carbons (Fsp3) is 0.182. The van der Waals surface area contributed by atoms with Gasteiger partial charge in [0.2, 0.25) is 0 Å². The minimum Gasteiger partial charge on any atom is -0.355 e. The molecule has 28 heavy (non-hydrogen) atoms. The number of pyridine rings is 1. The second-order valence-corrected chi connectivity index (χ2v) is 7.42. The largest absolute Gasteiger partial charge is 0.355 e. The van der Waals surface area contributed by atoms with E-state index in [2.05, 4.69) is 10.3 Å². The summed E-state index contributed by atoms with van der Waals surface area (Å²) in [7, 11) is 1.87. The van der Waals surface area contributed by atoms with E-state index in [0.717, 1.165) is 11.1 Å². The van der Waals surface area contributed by atoms with Crippen LogP contribution in [0.1, 0.15) is 34.5 Å². The predicted molar refractivity (Wildman–Crippen MR) is 115 cm³/mol. The minimum atomic E-state index is -0.229. The lowest BCUT2D eigenvalue weighted by Gasteiger charge is -2.22. The first-order chi connectivity index (χ1) is 13.5. The summed E-state index contributed by atoms with van der Waals surface area (Å²) in [5, 5.41) is 4.10. The first-order valence-corrected chi connectivity index (χ1v) is 9.67. The SMILES string of the molecule is C[C@H](NC(=O)c1cc(Cl)cnc1N(C)Cc1ccccc1Cl)c1ccccc1. The van der Waals surface area contributed by atoms with Crippen LogP contribution in [0.5, 0.6) is 0 Å². The summed E-state index contributed by atoms with van der Waals surface area (Å²) < 4.78 is 0. The lowest BCUT2D eigenvalue weighted by Crippen LogP contribution is -2.29. The Morgan fingerprint density at radius 1 is 1.11 bits per heavy atom. The van der Waals surface area contributed by atoms with Crippen LogP contribution in [-0.2, 0) is 6.54 Å². The van der Waals surface area contributed by atoms with Gasteiger partial charge in [0.1, 0.15) is 5.82 Å². The minimum absolute atomic E-state index is 0.144. The van der Waals surface area contributed by atoms with Gasteiger partial charge in [-0.25, -0.2) is 4.98 Å². The topological polar surface area (TPSA) is 45.2 Å². The monoisotopic (exact) mass is 413 g/mol. The smallest absolute Gasteiger partial charge is 0.255 e. The highest BCUT2D eigenvalue weighted by atomic mass is 35.5. The van der Waals surface area contributed by atoms with Gasteiger partial charge in [0.05, 0.1) is 16.6 Å². The highest BCUT2D eigenvalue weighted by Crippen LogP contribution is 2.25. The third kappa shape index (κ3) is 4.83. The number of nitrogens with zero attached hydrogens (tertiary/aromatic N) is 2. The summed E-state index contributed by atoms with van der Waals surface area (Å²) in [4.78, 5) is 19.2. The Hall–Kier alpha value is -2.56. The summed E-state index contributed by atoms with van der Waals surface area (Å²) in [5.74, 6) is 0.314. The van der Waals surface area contributed by atoms with Gasteiger partial charge in [-0.05, 0) is 30.2 Å². The van der Waals surface area contributed by atoms with E-state index in [0.29, 0.717) is 28.0 Å². The van der Waals surface area contributed by atoms with Crippen LogP contribution in [0.4, 0.5) is 5.82 Å². The van der Waals surface area contributed by atoms with Gasteiger partial charge in [0, 0.05) is 24.8 Å². The highest BCUT2D eigenvalue weighted by Gasteiger charge is 2.19. The van der Waals surface area contributed by atoms with Gasteiger partial charge < -0.3 is 10.2 Å². The summed E-state index contributed by atoms with van der Waals surface area (Å²) in [6.07, 6.45) is 1.54. The molecule has 1 amide bonds. The number of halogens is 2. The quantitative estimate of drug-likeness (QED) is 0.578. The van der Waals surface area contributed by atoms with Crippen molar-refractivity contribution in [2.24, 2.45) is 0 Å². The molecule has 0 unspecified atom stereocenters. The maximum absolute atomic E-state index is 13.0. The highest BCUT2D eigenvalue weighted by molar-refractivity contribution is 6.31. The number of amides is 1. The zero-order valence-electron chi connectivity index (χ0n) is 15.7. The van der Waals surface area contributed by atoms with Crippen LogP contribution in [0.15, 0.2) is 66.9 Å². The molecule has 0 aliphatic heterocycles. The number of anilines is 1. The van der Waals surface area contributed by atoms with Crippen molar-refractivity contribution in [3.63, 3.8) is 0 Å². The number of carbonyl (C=O) groups is 1. The van der Waals surface area contributed by atoms with Crippen LogP contribution in [-0.4, -0.2) is 17.9 Å². The van der Waals surface area contributed by atoms with Gasteiger partial charge in [0.25, 0.3) is 5.91 Å². The molecule has 3 aromatic rings. The number of nitrogens with one attached hydrogen (secondary N) is 1. The Morgan fingerprint density at radius 3 is 2.50 bits per heavy atom. The van der Waals surface area contributed by atoms with E-state index in [9.17, 15) is 4.79 Å². The molecular weight excluding hydrogens is 393 g/mol. The normalized spacial score (nSPS) is 11.7. The molecule has 0 saturated heterocycles. The van der Waals surface area contributed by atoms with Gasteiger partial charge in [-0.2, -0.15) is 0 Å². The Labute approximate surface area is 175 Å². The van der Waals surface area contributed by atoms with E-state index in [1.54, 1.807) is 6.07 Å². The zero-order chi connectivity index (χ0) is 20.1. The summed E-state index contributed by atoms with van der Waals surface area (Å²) in [6.45, 7) is 2.46. The van der Waals surface area contributed by atoms with Crippen molar-refractivity contribution in [3.8, 4) is 0 Å². The molecule has 1 aromatic heterocycles. The first-order valence-electron chi connectivity index (χ1n) is 8.91. The van der Waals surface area contributed by atoms with Crippen molar-refractivity contribution in [2.75, 3.05) is 11.9 Å². The van der Waals surface area contributed by atoms with Crippen molar-refractivity contribution in [3.05, 3.63) is 93.6 Å². The Morgan fingerprint density at radius 2 is 1.79 bits per heavy atom. The van der Waals surface area contributed by atoms with E-state index < -0.39 is 0 Å². The number of hydrogen-bond donors (Lipinski definition) is 1. The van der Waals surface area contributed by atoms with Gasteiger partial charge in [0.15, 0.2) is 0 Å². The van der Waals surface area contributed by atoms with E-state index >= 15 is 0 Å². The third-order valence-corrected chi connectivity index (χ3v) is 5.03. The molecule has 0 fully saturated rings. The number of aromatic nitrogens is 1. The maximum atomic E-state index is 13.0. The van der Waals surface area contributed by atoms with Crippen molar-refractivity contribution in [1.29, 1.82) is 0 Å². The van der Waals surface area contributed by atoms with Crippen LogP contribution in [0.25, 0.3) is 0 Å². The van der Waals surface area contributed by atoms with Crippen molar-refractivity contribution >= 4 is 34.9 Å². The lowest BCUT2D eigenvalue weighted by atomic mass is 10.1. The molecule has 1 N–H and O–H groups in total. The fourth-order valence-corrected chi connectivity index (χ4v) is 3.31. The fourth-order valence-electron chi connectivity index (χ4n) is 2.96. The standard InChI is InChI=1S/C22H21Cl2N3O/c1-15(16-8-4-3-5-9-16)26-22(28)19-12-18(23)13-25-21(19)27(2)14-17-10-6-7-11-20(17)24/h3-13,15H,14H2,1-2H3,(H,26,28)/t15-/m0/s1. The Balaban J connectivity index is 1.84. The van der Waals surface area contributed by atoms with Crippen molar-refractivity contribution < 1.29 is 4.79 Å². The average molecular weight is 414 g/mol. The van der Waals surface area contributed by atoms with Crippen LogP contribution in [0.3, 0.4) is 0 Å². The van der Waals surface area contributed by atoms with Gasteiger partial charge >= 0.3 is 0 Å². The summed E-state index contributed by atoms with van der Waals surface area (Å²) in [5.41, 5.74) is 2.40. The molecule has 2 aromatic carbocycles. The second-order valence-electron chi connectivity index (χ2n) is 6.58. The third-order valence-electron chi connectivity index (χ3n) is 4.45. The van der Waals surface area contributed by atoms with E-state index in [4.69, 9.17) is 23.2 Å². The van der Waals surface area contributed by atoms with Crippen LogP contribution < -0.4 is 10.2 Å². The molecule has 1 atom stereocenters. The van der Waals surface area contributed by atoms with E-state index in [-0.39, 0.29) is 11.9 Å². The molecule has 1 heterocycles. The molecule has 0 spiro atoms. The van der Waals surface area contributed by atoms with Crippen LogP contribution in [0, 0.1) is 0 Å². The molecule has 0 saturated carbocycles. The van der Waals surface area contributed by atoms with Gasteiger partial charge in [-0.15, -0.1) is 0 Å².